The van der Waals surface area contributed by atoms with Gasteiger partial charge in [-0.3, -0.25) is 4.98 Å². The number of sulfonamides is 1. The van der Waals surface area contributed by atoms with Crippen LogP contribution in [-0.4, -0.2) is 60.8 Å². The molecule has 1 aromatic heterocycles. The van der Waals surface area contributed by atoms with E-state index in [1.165, 1.54) is 23.4 Å². The fraction of sp³-hybridized carbons (Fsp3) is 0.500. The molecule has 2 rings (SSSR count). The second kappa shape index (κ2) is 9.67. The molecule has 10 heteroatoms. The summed E-state index contributed by atoms with van der Waals surface area (Å²) in [5.41, 5.74) is -0.722. The number of fused-ring (bicyclic) bond motifs is 1. The molecule has 0 spiro atoms. The number of carbonyl (C=O) groups excluding carboxylic acids is 1. The number of amides is 1. The summed E-state index contributed by atoms with van der Waals surface area (Å²) in [5, 5.41) is 10.1. The van der Waals surface area contributed by atoms with E-state index in [-0.39, 0.29) is 19.7 Å². The van der Waals surface area contributed by atoms with E-state index < -0.39 is 38.5 Å². The molecule has 0 aliphatic heterocycles. The number of benzene rings is 1. The number of rotatable bonds is 8. The lowest BCUT2D eigenvalue weighted by Crippen LogP contribution is -2.46. The van der Waals surface area contributed by atoms with Crippen molar-refractivity contribution in [2.24, 2.45) is 0 Å². The molecular weight excluding hydrogens is 413 g/mol. The first-order valence-corrected chi connectivity index (χ1v) is 11.1. The van der Waals surface area contributed by atoms with Crippen LogP contribution in [0.15, 0.2) is 35.5 Å². The fourth-order valence-electron chi connectivity index (χ4n) is 2.83. The van der Waals surface area contributed by atoms with Crippen molar-refractivity contribution >= 4 is 26.9 Å². The van der Waals surface area contributed by atoms with Gasteiger partial charge in [-0.15, -0.1) is 0 Å². The summed E-state index contributed by atoms with van der Waals surface area (Å²) < 4.78 is 47.7. The van der Waals surface area contributed by atoms with Crippen molar-refractivity contribution in [1.82, 2.24) is 14.6 Å². The summed E-state index contributed by atoms with van der Waals surface area (Å²) in [4.78, 5) is 17.1. The number of aromatic nitrogens is 1. The number of ether oxygens (including phenoxy) is 1. The number of hydrogen-bond acceptors (Lipinski definition) is 6. The number of halogens is 1. The van der Waals surface area contributed by atoms with Gasteiger partial charge in [-0.1, -0.05) is 0 Å². The van der Waals surface area contributed by atoms with Gasteiger partial charge in [0.15, 0.2) is 0 Å². The van der Waals surface area contributed by atoms with E-state index in [2.05, 4.69) is 9.71 Å². The lowest BCUT2D eigenvalue weighted by Gasteiger charge is -2.29. The molecule has 0 bridgehead atoms. The van der Waals surface area contributed by atoms with Gasteiger partial charge in [0.2, 0.25) is 10.0 Å². The van der Waals surface area contributed by atoms with Crippen molar-refractivity contribution in [1.29, 1.82) is 0 Å². The molecule has 1 heterocycles. The van der Waals surface area contributed by atoms with E-state index in [1.807, 2.05) is 0 Å². The van der Waals surface area contributed by atoms with Gasteiger partial charge in [-0.2, -0.15) is 0 Å². The first-order valence-electron chi connectivity index (χ1n) is 9.57. The standard InChI is InChI=1S/C20H28FN3O5S/c1-14(13-24(8-5-9-25)19(26)29-20(2,3)4)23-30(27,28)18-11-15-6-7-22-12-16(15)10-17(18)21/h6-7,10-12,14,23,25H,5,8-9,13H2,1-4H3/t14-/m1/s1. The van der Waals surface area contributed by atoms with Gasteiger partial charge in [0, 0.05) is 43.5 Å². The Morgan fingerprint density at radius 1 is 1.33 bits per heavy atom. The highest BCUT2D eigenvalue weighted by Crippen LogP contribution is 2.22. The number of aliphatic hydroxyl groups excluding tert-OH is 1. The third kappa shape index (κ3) is 6.61. The highest BCUT2D eigenvalue weighted by Gasteiger charge is 2.27. The Labute approximate surface area is 176 Å². The van der Waals surface area contributed by atoms with Crippen LogP contribution >= 0.6 is 0 Å². The van der Waals surface area contributed by atoms with Gasteiger partial charge in [0.05, 0.1) is 0 Å². The number of carbonyl (C=O) groups is 1. The maximum absolute atomic E-state index is 14.4. The topological polar surface area (TPSA) is 109 Å². The first-order chi connectivity index (χ1) is 13.9. The molecule has 2 N–H and O–H groups in total. The van der Waals surface area contributed by atoms with E-state index in [0.29, 0.717) is 17.2 Å². The Kier molecular flexibility index (Phi) is 7.73. The number of hydrogen-bond donors (Lipinski definition) is 2. The Hall–Kier alpha value is -2.30. The molecule has 0 aliphatic rings. The van der Waals surface area contributed by atoms with Crippen molar-refractivity contribution in [3.8, 4) is 0 Å². The smallest absolute Gasteiger partial charge is 0.410 e. The van der Waals surface area contributed by atoms with Crippen LogP contribution in [0.5, 0.6) is 0 Å². The van der Waals surface area contributed by atoms with Gasteiger partial charge >= 0.3 is 6.09 Å². The number of aliphatic hydroxyl groups is 1. The van der Waals surface area contributed by atoms with Crippen molar-refractivity contribution in [2.75, 3.05) is 19.7 Å². The summed E-state index contributed by atoms with van der Waals surface area (Å²) in [5.74, 6) is -0.889. The van der Waals surface area contributed by atoms with Crippen LogP contribution in [0.3, 0.4) is 0 Å². The van der Waals surface area contributed by atoms with Crippen LogP contribution in [0.4, 0.5) is 9.18 Å². The second-order valence-electron chi connectivity index (χ2n) is 8.03. The maximum Gasteiger partial charge on any atom is 0.410 e. The zero-order valence-corrected chi connectivity index (χ0v) is 18.4. The van der Waals surface area contributed by atoms with Crippen LogP contribution < -0.4 is 4.72 Å². The van der Waals surface area contributed by atoms with E-state index in [1.54, 1.807) is 33.8 Å². The molecule has 1 amide bonds. The molecule has 8 nitrogen and oxygen atoms in total. The van der Waals surface area contributed by atoms with Crippen molar-refractivity contribution in [3.63, 3.8) is 0 Å². The van der Waals surface area contributed by atoms with Crippen LogP contribution in [0, 0.1) is 5.82 Å². The Bertz CT molecular complexity index is 992. The predicted octanol–water partition coefficient (Wildman–Crippen LogP) is 2.66. The second-order valence-corrected chi connectivity index (χ2v) is 9.71. The molecule has 0 radical (unpaired) electrons. The third-order valence-corrected chi connectivity index (χ3v) is 5.67. The summed E-state index contributed by atoms with van der Waals surface area (Å²) in [6.07, 6.45) is 2.63. The molecule has 0 unspecified atom stereocenters. The van der Waals surface area contributed by atoms with Crippen molar-refractivity contribution in [3.05, 3.63) is 36.4 Å². The van der Waals surface area contributed by atoms with E-state index in [4.69, 9.17) is 9.84 Å². The Morgan fingerprint density at radius 3 is 2.67 bits per heavy atom. The Balaban J connectivity index is 2.18. The molecule has 0 aliphatic carbocycles. The monoisotopic (exact) mass is 441 g/mol. The SMILES string of the molecule is C[C@H](CN(CCCO)C(=O)OC(C)(C)C)NS(=O)(=O)c1cc2ccncc2cc1F. The Morgan fingerprint density at radius 2 is 2.03 bits per heavy atom. The molecule has 1 aromatic carbocycles. The minimum Gasteiger partial charge on any atom is -0.444 e. The van der Waals surface area contributed by atoms with E-state index in [0.717, 1.165) is 6.07 Å². The van der Waals surface area contributed by atoms with Gasteiger partial charge in [-0.05, 0) is 57.7 Å². The van der Waals surface area contributed by atoms with Crippen LogP contribution in [0.2, 0.25) is 0 Å². The molecule has 166 valence electrons. The van der Waals surface area contributed by atoms with Crippen LogP contribution in [-0.2, 0) is 14.8 Å². The average molecular weight is 442 g/mol. The normalized spacial score (nSPS) is 13.3. The van der Waals surface area contributed by atoms with E-state index in [9.17, 15) is 17.6 Å². The van der Waals surface area contributed by atoms with Crippen LogP contribution in [0.25, 0.3) is 10.8 Å². The quantitative estimate of drug-likeness (QED) is 0.652. The minimum atomic E-state index is -4.18. The summed E-state index contributed by atoms with van der Waals surface area (Å²) >= 11 is 0. The lowest BCUT2D eigenvalue weighted by molar-refractivity contribution is 0.0229. The molecule has 0 saturated heterocycles. The summed E-state index contributed by atoms with van der Waals surface area (Å²) in [6, 6.07) is 3.24. The number of nitrogens with one attached hydrogen (secondary N) is 1. The van der Waals surface area contributed by atoms with Crippen LogP contribution in [0.1, 0.15) is 34.1 Å². The molecular formula is C20H28FN3O5S. The van der Waals surface area contributed by atoms with Gasteiger partial charge in [0.25, 0.3) is 0 Å². The zero-order chi connectivity index (χ0) is 22.5. The summed E-state index contributed by atoms with van der Waals surface area (Å²) in [7, 11) is -4.18. The first kappa shape index (κ1) is 24.0. The highest BCUT2D eigenvalue weighted by molar-refractivity contribution is 7.89. The van der Waals surface area contributed by atoms with Gasteiger partial charge in [0.1, 0.15) is 16.3 Å². The molecule has 2 aromatic rings. The highest BCUT2D eigenvalue weighted by atomic mass is 32.2. The molecule has 0 fully saturated rings. The molecule has 30 heavy (non-hydrogen) atoms. The summed E-state index contributed by atoms with van der Waals surface area (Å²) in [6.45, 7) is 6.78. The average Bonchev–Trinajstić information content (AvgIpc) is 2.62. The third-order valence-electron chi connectivity index (χ3n) is 4.07. The molecule has 0 saturated carbocycles. The number of pyridine rings is 1. The fourth-order valence-corrected chi connectivity index (χ4v) is 4.16. The predicted molar refractivity (Wildman–Crippen MR) is 111 cm³/mol. The molecule has 1 atom stereocenters. The number of nitrogens with zero attached hydrogens (tertiary/aromatic N) is 2. The largest absolute Gasteiger partial charge is 0.444 e. The van der Waals surface area contributed by atoms with Crippen molar-refractivity contribution < 1.29 is 27.4 Å². The maximum atomic E-state index is 14.4. The van der Waals surface area contributed by atoms with Gasteiger partial charge in [-0.25, -0.2) is 22.3 Å². The van der Waals surface area contributed by atoms with Crippen molar-refractivity contribution in [2.45, 2.75) is 50.7 Å². The van der Waals surface area contributed by atoms with E-state index >= 15 is 0 Å². The zero-order valence-electron chi connectivity index (χ0n) is 17.6. The minimum absolute atomic E-state index is 0.00668. The van der Waals surface area contributed by atoms with Gasteiger partial charge < -0.3 is 14.7 Å². The lowest BCUT2D eigenvalue weighted by atomic mass is 10.2.